The summed E-state index contributed by atoms with van der Waals surface area (Å²) in [6.07, 6.45) is 4.63. The Morgan fingerprint density at radius 1 is 1.30 bits per heavy atom. The summed E-state index contributed by atoms with van der Waals surface area (Å²) < 4.78 is 13.9. The van der Waals surface area contributed by atoms with E-state index in [4.69, 9.17) is 11.1 Å². The number of benzene rings is 1. The number of anilines is 1. The van der Waals surface area contributed by atoms with Crippen LogP contribution in [-0.4, -0.2) is 18.9 Å². The summed E-state index contributed by atoms with van der Waals surface area (Å²) >= 11 is 0. The van der Waals surface area contributed by atoms with Crippen molar-refractivity contribution in [3.8, 4) is 0 Å². The molecule has 1 fully saturated rings. The van der Waals surface area contributed by atoms with Crippen molar-refractivity contribution in [2.45, 2.75) is 39.5 Å². The van der Waals surface area contributed by atoms with Gasteiger partial charge in [-0.15, -0.1) is 0 Å². The van der Waals surface area contributed by atoms with Gasteiger partial charge in [0.1, 0.15) is 11.7 Å². The smallest absolute Gasteiger partial charge is 0.136 e. The molecule has 0 aliphatic carbocycles. The van der Waals surface area contributed by atoms with E-state index in [-0.39, 0.29) is 11.4 Å². The molecule has 0 bridgehead atoms. The zero-order valence-electron chi connectivity index (χ0n) is 12.4. The lowest BCUT2D eigenvalue weighted by molar-refractivity contribution is 0.199. The standard InChI is InChI=1S/C16H24FN3/c1-3-16(4-2)8-10-20(11-9-16)13-7-5-6-12(17)14(13)15(18)19/h5-7H,3-4,8-11H2,1-2H3,(H3,18,19). The highest BCUT2D eigenvalue weighted by Gasteiger charge is 2.32. The monoisotopic (exact) mass is 277 g/mol. The molecule has 1 aromatic rings. The van der Waals surface area contributed by atoms with Crippen LogP contribution in [0.5, 0.6) is 0 Å². The van der Waals surface area contributed by atoms with Crippen LogP contribution >= 0.6 is 0 Å². The molecule has 0 atom stereocenters. The highest BCUT2D eigenvalue weighted by Crippen LogP contribution is 2.39. The van der Waals surface area contributed by atoms with E-state index in [1.807, 2.05) is 6.07 Å². The molecule has 3 N–H and O–H groups in total. The predicted molar refractivity (Wildman–Crippen MR) is 81.9 cm³/mol. The quantitative estimate of drug-likeness (QED) is 0.653. The summed E-state index contributed by atoms with van der Waals surface area (Å²) in [4.78, 5) is 2.17. The number of nitrogens with two attached hydrogens (primary N) is 1. The van der Waals surface area contributed by atoms with Gasteiger partial charge in [-0.2, -0.15) is 0 Å². The Kier molecular flexibility index (Phi) is 4.31. The summed E-state index contributed by atoms with van der Waals surface area (Å²) in [6.45, 7) is 6.32. The molecule has 1 aromatic carbocycles. The van der Waals surface area contributed by atoms with Gasteiger partial charge in [-0.1, -0.05) is 32.8 Å². The molecule has 0 radical (unpaired) electrons. The minimum absolute atomic E-state index is 0.194. The first-order valence-corrected chi connectivity index (χ1v) is 7.41. The minimum Gasteiger partial charge on any atom is -0.384 e. The largest absolute Gasteiger partial charge is 0.384 e. The molecule has 0 saturated carbocycles. The first kappa shape index (κ1) is 14.8. The van der Waals surface area contributed by atoms with E-state index in [0.29, 0.717) is 5.41 Å². The molecule has 4 heteroatoms. The van der Waals surface area contributed by atoms with Gasteiger partial charge in [-0.05, 0) is 30.4 Å². The number of nitrogens with zero attached hydrogens (tertiary/aromatic N) is 1. The molecule has 0 spiro atoms. The molecule has 1 saturated heterocycles. The van der Waals surface area contributed by atoms with Gasteiger partial charge in [-0.25, -0.2) is 4.39 Å². The minimum atomic E-state index is -0.405. The Morgan fingerprint density at radius 2 is 1.90 bits per heavy atom. The third kappa shape index (κ3) is 2.65. The lowest BCUT2D eigenvalue weighted by Crippen LogP contribution is -2.40. The molecule has 3 nitrogen and oxygen atoms in total. The number of hydrogen-bond acceptors (Lipinski definition) is 2. The van der Waals surface area contributed by atoms with Crippen molar-refractivity contribution < 1.29 is 4.39 Å². The summed E-state index contributed by atoms with van der Waals surface area (Å²) in [5.41, 5.74) is 6.98. The number of nitrogen functional groups attached to an aromatic ring is 1. The maximum Gasteiger partial charge on any atom is 0.136 e. The van der Waals surface area contributed by atoms with E-state index in [2.05, 4.69) is 18.7 Å². The van der Waals surface area contributed by atoms with Gasteiger partial charge < -0.3 is 10.6 Å². The Hall–Kier alpha value is -1.58. The molecule has 0 aromatic heterocycles. The van der Waals surface area contributed by atoms with Crippen LogP contribution in [0.25, 0.3) is 0 Å². The lowest BCUT2D eigenvalue weighted by atomic mass is 9.74. The van der Waals surface area contributed by atoms with E-state index in [1.165, 1.54) is 18.9 Å². The molecule has 1 aliphatic rings. The summed E-state index contributed by atoms with van der Waals surface area (Å²) in [5.74, 6) is -0.598. The highest BCUT2D eigenvalue weighted by atomic mass is 19.1. The van der Waals surface area contributed by atoms with Crippen LogP contribution in [0.2, 0.25) is 0 Å². The molecule has 2 rings (SSSR count). The lowest BCUT2D eigenvalue weighted by Gasteiger charge is -2.42. The first-order valence-electron chi connectivity index (χ1n) is 7.41. The number of hydrogen-bond donors (Lipinski definition) is 2. The Morgan fingerprint density at radius 3 is 2.40 bits per heavy atom. The van der Waals surface area contributed by atoms with E-state index in [0.717, 1.165) is 31.6 Å². The predicted octanol–water partition coefficient (Wildman–Crippen LogP) is 3.52. The number of halogens is 1. The van der Waals surface area contributed by atoms with Crippen LogP contribution in [0, 0.1) is 16.6 Å². The first-order chi connectivity index (χ1) is 9.53. The zero-order chi connectivity index (χ0) is 14.8. The number of rotatable bonds is 4. The second-order valence-electron chi connectivity index (χ2n) is 5.74. The highest BCUT2D eigenvalue weighted by molar-refractivity contribution is 6.00. The van der Waals surface area contributed by atoms with Crippen LogP contribution in [0.3, 0.4) is 0 Å². The number of piperidine rings is 1. The second kappa shape index (κ2) is 5.81. The molecule has 20 heavy (non-hydrogen) atoms. The van der Waals surface area contributed by atoms with Crippen LogP contribution < -0.4 is 10.6 Å². The average molecular weight is 277 g/mol. The van der Waals surface area contributed by atoms with E-state index in [1.54, 1.807) is 6.07 Å². The molecular weight excluding hydrogens is 253 g/mol. The van der Waals surface area contributed by atoms with Crippen molar-refractivity contribution in [3.63, 3.8) is 0 Å². The fraction of sp³-hybridized carbons (Fsp3) is 0.562. The van der Waals surface area contributed by atoms with Crippen LogP contribution in [0.1, 0.15) is 45.1 Å². The van der Waals surface area contributed by atoms with E-state index in [9.17, 15) is 4.39 Å². The van der Waals surface area contributed by atoms with Crippen LogP contribution in [-0.2, 0) is 0 Å². The van der Waals surface area contributed by atoms with E-state index < -0.39 is 5.82 Å². The van der Waals surface area contributed by atoms with Gasteiger partial charge in [0, 0.05) is 13.1 Å². The van der Waals surface area contributed by atoms with Crippen molar-refractivity contribution in [2.24, 2.45) is 11.1 Å². The summed E-state index contributed by atoms with van der Waals surface area (Å²) in [5, 5.41) is 7.60. The number of nitrogens with one attached hydrogen (secondary N) is 1. The third-order valence-corrected chi connectivity index (χ3v) is 4.93. The average Bonchev–Trinajstić information content (AvgIpc) is 2.46. The zero-order valence-corrected chi connectivity index (χ0v) is 12.4. The fourth-order valence-corrected chi connectivity index (χ4v) is 3.22. The van der Waals surface area contributed by atoms with Gasteiger partial charge in [0.15, 0.2) is 0 Å². The SMILES string of the molecule is CCC1(CC)CCN(c2cccc(F)c2C(=N)N)CC1. The molecular formula is C16H24FN3. The molecule has 1 aliphatic heterocycles. The van der Waals surface area contributed by atoms with Crippen molar-refractivity contribution in [1.82, 2.24) is 0 Å². The Balaban J connectivity index is 2.23. The molecule has 0 unspecified atom stereocenters. The normalized spacial score (nSPS) is 18.1. The van der Waals surface area contributed by atoms with Crippen LogP contribution in [0.4, 0.5) is 10.1 Å². The Bertz CT molecular complexity index is 484. The summed E-state index contributed by atoms with van der Waals surface area (Å²) in [6, 6.07) is 4.93. The molecule has 110 valence electrons. The van der Waals surface area contributed by atoms with Gasteiger partial charge >= 0.3 is 0 Å². The molecule has 0 amide bonds. The van der Waals surface area contributed by atoms with Gasteiger partial charge in [0.25, 0.3) is 0 Å². The van der Waals surface area contributed by atoms with Crippen molar-refractivity contribution >= 4 is 11.5 Å². The molecule has 1 heterocycles. The van der Waals surface area contributed by atoms with Gasteiger partial charge in [0.2, 0.25) is 0 Å². The maximum atomic E-state index is 13.9. The topological polar surface area (TPSA) is 53.1 Å². The summed E-state index contributed by atoms with van der Waals surface area (Å²) in [7, 11) is 0. The second-order valence-corrected chi connectivity index (χ2v) is 5.74. The van der Waals surface area contributed by atoms with Crippen molar-refractivity contribution in [3.05, 3.63) is 29.6 Å². The third-order valence-electron chi connectivity index (χ3n) is 4.93. The number of amidine groups is 1. The maximum absolute atomic E-state index is 13.9. The van der Waals surface area contributed by atoms with Gasteiger partial charge in [-0.3, -0.25) is 5.41 Å². The Labute approximate surface area is 120 Å². The van der Waals surface area contributed by atoms with Crippen molar-refractivity contribution in [1.29, 1.82) is 5.41 Å². The van der Waals surface area contributed by atoms with E-state index >= 15 is 0 Å². The fourth-order valence-electron chi connectivity index (χ4n) is 3.22. The van der Waals surface area contributed by atoms with Crippen LogP contribution in [0.15, 0.2) is 18.2 Å². The van der Waals surface area contributed by atoms with Gasteiger partial charge in [0.05, 0.1) is 11.3 Å². The van der Waals surface area contributed by atoms with Crippen molar-refractivity contribution in [2.75, 3.05) is 18.0 Å².